The van der Waals surface area contributed by atoms with Crippen LogP contribution in [0.3, 0.4) is 0 Å². The molecule has 0 unspecified atom stereocenters. The van der Waals surface area contributed by atoms with Crippen molar-refractivity contribution in [3.05, 3.63) is 28.5 Å². The zero-order chi connectivity index (χ0) is 24.2. The minimum absolute atomic E-state index is 0.0556. The Bertz CT molecular complexity index is 911. The summed E-state index contributed by atoms with van der Waals surface area (Å²) >= 11 is 0. The van der Waals surface area contributed by atoms with E-state index in [-0.39, 0.29) is 36.0 Å². The highest BCUT2D eigenvalue weighted by Gasteiger charge is 2.38. The maximum absolute atomic E-state index is 13.0. The fourth-order valence-electron chi connectivity index (χ4n) is 4.94. The van der Waals surface area contributed by atoms with Crippen molar-refractivity contribution in [1.29, 1.82) is 0 Å². The number of ether oxygens (including phenoxy) is 2. The van der Waals surface area contributed by atoms with Gasteiger partial charge < -0.3 is 24.6 Å². The number of sulfonamides is 1. The first kappa shape index (κ1) is 25.9. The first-order valence-corrected chi connectivity index (χ1v) is 13.0. The Morgan fingerprint density at radius 1 is 1.15 bits per heavy atom. The molecule has 0 radical (unpaired) electrons. The van der Waals surface area contributed by atoms with Gasteiger partial charge in [0, 0.05) is 39.5 Å². The predicted molar refractivity (Wildman–Crippen MR) is 125 cm³/mol. The SMILES string of the molecule is COc1cc(C)c(S(=O)(=O)N(C)CCOCC(=O)N2CCC3(CC2)CC[NH+]([O-])CC3)c(C)c1. The Morgan fingerprint density at radius 3 is 2.27 bits per heavy atom. The van der Waals surface area contributed by atoms with Crippen LogP contribution >= 0.6 is 0 Å². The van der Waals surface area contributed by atoms with Crippen LogP contribution in [0.1, 0.15) is 36.8 Å². The van der Waals surface area contributed by atoms with Crippen LogP contribution in [-0.4, -0.2) is 83.6 Å². The second-order valence-electron chi connectivity index (χ2n) is 9.39. The van der Waals surface area contributed by atoms with Crippen LogP contribution in [0.2, 0.25) is 0 Å². The van der Waals surface area contributed by atoms with E-state index in [9.17, 15) is 18.4 Å². The lowest BCUT2D eigenvalue weighted by Gasteiger charge is -2.46. The Morgan fingerprint density at radius 2 is 1.73 bits per heavy atom. The third kappa shape index (κ3) is 6.05. The summed E-state index contributed by atoms with van der Waals surface area (Å²) in [6, 6.07) is 3.41. The molecule has 2 heterocycles. The van der Waals surface area contributed by atoms with E-state index in [0.717, 1.165) is 25.7 Å². The summed E-state index contributed by atoms with van der Waals surface area (Å²) in [5.74, 6) is 0.554. The van der Waals surface area contributed by atoms with Gasteiger partial charge in [-0.15, -0.1) is 0 Å². The molecule has 186 valence electrons. The number of carbonyl (C=O) groups is 1. The molecular weight excluding hydrogens is 446 g/mol. The van der Waals surface area contributed by atoms with Gasteiger partial charge in [-0.05, 0) is 55.4 Å². The Kier molecular flexibility index (Phi) is 8.39. The minimum Gasteiger partial charge on any atom is -0.634 e. The van der Waals surface area contributed by atoms with Gasteiger partial charge in [0.2, 0.25) is 15.9 Å². The number of nitrogens with zero attached hydrogens (tertiary/aromatic N) is 2. The second-order valence-corrected chi connectivity index (χ2v) is 11.4. The van der Waals surface area contributed by atoms with Gasteiger partial charge in [0.15, 0.2) is 0 Å². The molecule has 2 fully saturated rings. The maximum Gasteiger partial charge on any atom is 0.248 e. The zero-order valence-corrected chi connectivity index (χ0v) is 21.0. The monoisotopic (exact) mass is 483 g/mol. The fourth-order valence-corrected chi connectivity index (χ4v) is 6.50. The number of piperidine rings is 2. The number of methoxy groups -OCH3 is 1. The molecule has 2 saturated heterocycles. The molecule has 1 amide bonds. The highest BCUT2D eigenvalue weighted by Crippen LogP contribution is 2.38. The van der Waals surface area contributed by atoms with Crippen molar-refractivity contribution in [2.24, 2.45) is 5.41 Å². The number of carbonyl (C=O) groups excluding carboxylic acids is 1. The highest BCUT2D eigenvalue weighted by molar-refractivity contribution is 7.89. The topological polar surface area (TPSA) is 104 Å². The highest BCUT2D eigenvalue weighted by atomic mass is 32.2. The third-order valence-corrected chi connectivity index (χ3v) is 9.32. The van der Waals surface area contributed by atoms with E-state index in [1.54, 1.807) is 33.1 Å². The van der Waals surface area contributed by atoms with Crippen molar-refractivity contribution < 1.29 is 27.7 Å². The molecule has 1 N–H and O–H groups in total. The van der Waals surface area contributed by atoms with Crippen LogP contribution in [0, 0.1) is 24.5 Å². The van der Waals surface area contributed by atoms with Gasteiger partial charge in [0.25, 0.3) is 0 Å². The van der Waals surface area contributed by atoms with E-state index >= 15 is 0 Å². The van der Waals surface area contributed by atoms with Crippen molar-refractivity contribution in [1.82, 2.24) is 9.21 Å². The standard InChI is InChI=1S/C23H37N3O6S/c1-18-15-20(31-4)16-19(2)22(18)33(29,30)24(3)13-14-32-17-21(27)25-9-5-23(6-10-25)7-11-26(28)12-8-23/h15-16,26H,5-14,17H2,1-4H3. The van der Waals surface area contributed by atoms with Gasteiger partial charge in [0.05, 0.1) is 31.7 Å². The summed E-state index contributed by atoms with van der Waals surface area (Å²) in [6.07, 6.45) is 3.76. The molecule has 0 aromatic heterocycles. The van der Waals surface area contributed by atoms with E-state index in [1.807, 2.05) is 4.90 Å². The summed E-state index contributed by atoms with van der Waals surface area (Å²) in [4.78, 5) is 14.6. The number of rotatable bonds is 8. The lowest BCUT2D eigenvalue weighted by molar-refractivity contribution is -0.856. The fraction of sp³-hybridized carbons (Fsp3) is 0.696. The van der Waals surface area contributed by atoms with E-state index in [4.69, 9.17) is 9.47 Å². The Hall–Kier alpha value is -1.72. The molecule has 33 heavy (non-hydrogen) atoms. The number of nitrogens with one attached hydrogen (secondary N) is 1. The number of hydrogen-bond acceptors (Lipinski definition) is 6. The van der Waals surface area contributed by atoms with Crippen LogP contribution < -0.4 is 9.80 Å². The van der Waals surface area contributed by atoms with E-state index in [0.29, 0.717) is 48.1 Å². The number of likely N-dealkylation sites (N-methyl/N-ethyl adjacent to an activating group) is 1. The number of amides is 1. The second kappa shape index (κ2) is 10.7. The van der Waals surface area contributed by atoms with E-state index < -0.39 is 10.0 Å². The average Bonchev–Trinajstić information content (AvgIpc) is 2.78. The number of likely N-dealkylation sites (tertiary alicyclic amines) is 1. The first-order chi connectivity index (χ1) is 15.6. The molecule has 0 aliphatic carbocycles. The van der Waals surface area contributed by atoms with E-state index in [1.165, 1.54) is 11.4 Å². The van der Waals surface area contributed by atoms with Crippen LogP contribution in [0.25, 0.3) is 0 Å². The molecule has 1 spiro atoms. The minimum atomic E-state index is -3.69. The van der Waals surface area contributed by atoms with Crippen molar-refractivity contribution in [3.8, 4) is 5.75 Å². The van der Waals surface area contributed by atoms with Crippen molar-refractivity contribution in [3.63, 3.8) is 0 Å². The molecule has 1 aromatic carbocycles. The molecule has 0 atom stereocenters. The van der Waals surface area contributed by atoms with Crippen molar-refractivity contribution in [2.75, 3.05) is 60.1 Å². The van der Waals surface area contributed by atoms with Gasteiger partial charge in [-0.1, -0.05) is 0 Å². The predicted octanol–water partition coefficient (Wildman–Crippen LogP) is 0.734. The molecule has 0 bridgehead atoms. The van der Waals surface area contributed by atoms with Crippen LogP contribution in [0.4, 0.5) is 0 Å². The van der Waals surface area contributed by atoms with Gasteiger partial charge in [-0.2, -0.15) is 4.31 Å². The molecule has 3 rings (SSSR count). The van der Waals surface area contributed by atoms with Gasteiger partial charge in [-0.25, -0.2) is 8.42 Å². The lowest BCUT2D eigenvalue weighted by atomic mass is 9.71. The number of hydrogen-bond donors (Lipinski definition) is 1. The Labute approximate surface area is 197 Å². The summed E-state index contributed by atoms with van der Waals surface area (Å²) in [5.41, 5.74) is 1.47. The molecule has 10 heteroatoms. The normalized spacial score (nSPS) is 19.3. The first-order valence-electron chi connectivity index (χ1n) is 11.6. The Balaban J connectivity index is 1.45. The lowest BCUT2D eigenvalue weighted by Crippen LogP contribution is -3.08. The molecule has 0 saturated carbocycles. The van der Waals surface area contributed by atoms with E-state index in [2.05, 4.69) is 0 Å². The summed E-state index contributed by atoms with van der Waals surface area (Å²) in [7, 11) is -0.623. The smallest absolute Gasteiger partial charge is 0.248 e. The van der Waals surface area contributed by atoms with Crippen LogP contribution in [0.5, 0.6) is 5.75 Å². The van der Waals surface area contributed by atoms with Crippen molar-refractivity contribution in [2.45, 2.75) is 44.4 Å². The zero-order valence-electron chi connectivity index (χ0n) is 20.2. The largest absolute Gasteiger partial charge is 0.634 e. The quantitative estimate of drug-likeness (QED) is 0.432. The van der Waals surface area contributed by atoms with Gasteiger partial charge >= 0.3 is 0 Å². The summed E-state index contributed by atoms with van der Waals surface area (Å²) < 4.78 is 38.1. The number of benzene rings is 1. The summed E-state index contributed by atoms with van der Waals surface area (Å²) in [6.45, 7) is 6.46. The third-order valence-electron chi connectivity index (χ3n) is 7.16. The average molecular weight is 484 g/mol. The molecular formula is C23H37N3O6S. The van der Waals surface area contributed by atoms with Gasteiger partial charge in [0.1, 0.15) is 12.4 Å². The molecule has 9 nitrogen and oxygen atoms in total. The summed E-state index contributed by atoms with van der Waals surface area (Å²) in [5, 5.41) is 11.9. The van der Waals surface area contributed by atoms with Crippen LogP contribution in [-0.2, 0) is 19.6 Å². The number of hydroxylamine groups is 2. The van der Waals surface area contributed by atoms with Gasteiger partial charge in [-0.3, -0.25) is 4.79 Å². The molecule has 2 aliphatic heterocycles. The maximum atomic E-state index is 13.0. The van der Waals surface area contributed by atoms with Crippen molar-refractivity contribution >= 4 is 15.9 Å². The molecule has 1 aromatic rings. The number of aryl methyl sites for hydroxylation is 2. The van der Waals surface area contributed by atoms with Crippen LogP contribution in [0.15, 0.2) is 17.0 Å². The number of quaternary nitrogens is 1. The molecule has 2 aliphatic rings.